The summed E-state index contributed by atoms with van der Waals surface area (Å²) in [6.07, 6.45) is 5.71. The number of hydrogen-bond acceptors (Lipinski definition) is 2. The van der Waals surface area contributed by atoms with Gasteiger partial charge in [-0.25, -0.2) is 0 Å². The lowest BCUT2D eigenvalue weighted by molar-refractivity contribution is 0.0548. The van der Waals surface area contributed by atoms with Gasteiger partial charge in [-0.3, -0.25) is 0 Å². The summed E-state index contributed by atoms with van der Waals surface area (Å²) in [7, 11) is 1.84. The highest BCUT2D eigenvalue weighted by molar-refractivity contribution is 5.47. The van der Waals surface area contributed by atoms with Crippen molar-refractivity contribution >= 4 is 5.69 Å². The van der Waals surface area contributed by atoms with E-state index in [4.69, 9.17) is 4.74 Å². The molecule has 0 bridgehead atoms. The molecule has 1 aromatic carbocycles. The molecule has 1 aliphatic carbocycles. The van der Waals surface area contributed by atoms with Crippen LogP contribution in [0.1, 0.15) is 25.7 Å². The Bertz CT molecular complexity index is 360. The van der Waals surface area contributed by atoms with Crippen LogP contribution < -0.4 is 4.90 Å². The minimum atomic E-state index is 0.275. The monoisotopic (exact) mass is 231 g/mol. The molecule has 0 radical (unpaired) electrons. The highest BCUT2D eigenvalue weighted by Gasteiger charge is 2.37. The van der Waals surface area contributed by atoms with Crippen molar-refractivity contribution in [3.63, 3.8) is 0 Å². The third kappa shape index (κ3) is 2.32. The number of nitrogens with zero attached hydrogens (tertiary/aromatic N) is 1. The normalized spacial score (nSPS) is 29.4. The number of methoxy groups -OCH3 is 1. The van der Waals surface area contributed by atoms with Crippen LogP contribution in [-0.2, 0) is 4.74 Å². The van der Waals surface area contributed by atoms with Crippen molar-refractivity contribution in [3.05, 3.63) is 30.3 Å². The van der Waals surface area contributed by atoms with Crippen LogP contribution in [0.5, 0.6) is 0 Å². The summed E-state index contributed by atoms with van der Waals surface area (Å²) in [4.78, 5) is 2.42. The zero-order valence-electron chi connectivity index (χ0n) is 10.5. The summed E-state index contributed by atoms with van der Waals surface area (Å²) in [5, 5.41) is 0. The first kappa shape index (κ1) is 11.1. The smallest absolute Gasteiger partial charge is 0.130 e. The molecule has 1 aliphatic heterocycles. The van der Waals surface area contributed by atoms with E-state index in [9.17, 15) is 0 Å². The summed E-state index contributed by atoms with van der Waals surface area (Å²) >= 11 is 0. The molecule has 2 nitrogen and oxygen atoms in total. The van der Waals surface area contributed by atoms with E-state index in [1.54, 1.807) is 0 Å². The molecule has 17 heavy (non-hydrogen) atoms. The number of para-hydroxylation sites is 1. The second-order valence-corrected chi connectivity index (χ2v) is 5.34. The minimum Gasteiger partial charge on any atom is -0.362 e. The number of ether oxygens (including phenoxy) is 1. The van der Waals surface area contributed by atoms with Crippen LogP contribution in [-0.4, -0.2) is 19.9 Å². The number of piperidine rings is 1. The highest BCUT2D eigenvalue weighted by atomic mass is 16.5. The van der Waals surface area contributed by atoms with Gasteiger partial charge in [0.2, 0.25) is 0 Å². The third-order valence-electron chi connectivity index (χ3n) is 4.24. The summed E-state index contributed by atoms with van der Waals surface area (Å²) in [6.45, 7) is 1.14. The van der Waals surface area contributed by atoms with Gasteiger partial charge in [-0.15, -0.1) is 0 Å². The lowest BCUT2D eigenvalue weighted by atomic mass is 9.90. The predicted molar refractivity (Wildman–Crippen MR) is 70.0 cm³/mol. The molecule has 2 aliphatic rings. The van der Waals surface area contributed by atoms with Gasteiger partial charge < -0.3 is 9.64 Å². The van der Waals surface area contributed by atoms with Crippen molar-refractivity contribution in [2.75, 3.05) is 18.6 Å². The average molecular weight is 231 g/mol. The van der Waals surface area contributed by atoms with E-state index in [1.807, 2.05) is 7.11 Å². The van der Waals surface area contributed by atoms with Crippen molar-refractivity contribution in [3.8, 4) is 0 Å². The first-order chi connectivity index (χ1) is 8.38. The Morgan fingerprint density at radius 1 is 1.06 bits per heavy atom. The van der Waals surface area contributed by atoms with Crippen LogP contribution in [0.15, 0.2) is 30.3 Å². The quantitative estimate of drug-likeness (QED) is 0.791. The van der Waals surface area contributed by atoms with Crippen molar-refractivity contribution in [2.45, 2.75) is 31.9 Å². The Morgan fingerprint density at radius 2 is 1.82 bits per heavy atom. The first-order valence-electron chi connectivity index (χ1n) is 6.73. The van der Waals surface area contributed by atoms with Gasteiger partial charge in [0.05, 0.1) is 0 Å². The Balaban J connectivity index is 1.72. The summed E-state index contributed by atoms with van der Waals surface area (Å²) < 4.78 is 5.69. The summed E-state index contributed by atoms with van der Waals surface area (Å²) in [5.41, 5.74) is 1.30. The Hall–Kier alpha value is -1.02. The molecule has 1 aromatic rings. The van der Waals surface area contributed by atoms with Gasteiger partial charge in [-0.1, -0.05) is 18.2 Å². The first-order valence-corrected chi connectivity index (χ1v) is 6.73. The lowest BCUT2D eigenvalue weighted by Gasteiger charge is -2.40. The Kier molecular flexibility index (Phi) is 3.06. The second-order valence-electron chi connectivity index (χ2n) is 5.34. The molecule has 1 saturated carbocycles. The molecule has 2 unspecified atom stereocenters. The van der Waals surface area contributed by atoms with Crippen molar-refractivity contribution in [1.82, 2.24) is 0 Å². The maximum Gasteiger partial charge on any atom is 0.130 e. The van der Waals surface area contributed by atoms with E-state index >= 15 is 0 Å². The van der Waals surface area contributed by atoms with Crippen LogP contribution in [0.4, 0.5) is 5.69 Å². The maximum atomic E-state index is 5.69. The zero-order chi connectivity index (χ0) is 11.7. The van der Waals surface area contributed by atoms with Crippen LogP contribution in [0.25, 0.3) is 0 Å². The molecular formula is C15H21NO. The van der Waals surface area contributed by atoms with Crippen LogP contribution in [0.2, 0.25) is 0 Å². The fourth-order valence-electron chi connectivity index (χ4n) is 3.09. The van der Waals surface area contributed by atoms with Crippen LogP contribution in [0, 0.1) is 11.8 Å². The molecule has 3 rings (SSSR count). The van der Waals surface area contributed by atoms with Gasteiger partial charge in [-0.2, -0.15) is 0 Å². The van der Waals surface area contributed by atoms with E-state index in [0.717, 1.165) is 18.4 Å². The minimum absolute atomic E-state index is 0.275. The summed E-state index contributed by atoms with van der Waals surface area (Å²) in [5.74, 6) is 1.91. The third-order valence-corrected chi connectivity index (χ3v) is 4.24. The van der Waals surface area contributed by atoms with Crippen LogP contribution >= 0.6 is 0 Å². The van der Waals surface area contributed by atoms with E-state index in [0.29, 0.717) is 0 Å². The molecule has 0 spiro atoms. The molecule has 2 atom stereocenters. The second kappa shape index (κ2) is 4.69. The topological polar surface area (TPSA) is 12.5 Å². The van der Waals surface area contributed by atoms with Crippen molar-refractivity contribution in [2.24, 2.45) is 11.8 Å². The molecular weight excluding hydrogens is 210 g/mol. The molecule has 1 saturated heterocycles. The zero-order valence-corrected chi connectivity index (χ0v) is 10.5. The number of benzene rings is 1. The van der Waals surface area contributed by atoms with Gasteiger partial charge in [0.15, 0.2) is 0 Å². The standard InChI is InChI=1S/C15H21NO/c1-17-15-11-13(12-7-8-12)9-10-16(15)14-5-3-2-4-6-14/h2-6,12-13,15H,7-11H2,1H3. The highest BCUT2D eigenvalue weighted by Crippen LogP contribution is 2.43. The Labute approximate surface area is 104 Å². The largest absolute Gasteiger partial charge is 0.362 e. The summed E-state index contributed by atoms with van der Waals surface area (Å²) in [6, 6.07) is 10.7. The number of rotatable bonds is 3. The number of hydrogen-bond donors (Lipinski definition) is 0. The molecule has 92 valence electrons. The lowest BCUT2D eigenvalue weighted by Crippen LogP contribution is -2.44. The molecule has 1 heterocycles. The molecule has 2 fully saturated rings. The molecule has 0 aromatic heterocycles. The van der Waals surface area contributed by atoms with Gasteiger partial charge in [0.25, 0.3) is 0 Å². The van der Waals surface area contributed by atoms with E-state index < -0.39 is 0 Å². The molecule has 2 heteroatoms. The van der Waals surface area contributed by atoms with E-state index in [-0.39, 0.29) is 6.23 Å². The van der Waals surface area contributed by atoms with Gasteiger partial charge >= 0.3 is 0 Å². The van der Waals surface area contributed by atoms with Crippen LogP contribution in [0.3, 0.4) is 0 Å². The maximum absolute atomic E-state index is 5.69. The van der Waals surface area contributed by atoms with Gasteiger partial charge in [0.1, 0.15) is 6.23 Å². The SMILES string of the molecule is COC1CC(C2CC2)CCN1c1ccccc1. The fraction of sp³-hybridized carbons (Fsp3) is 0.600. The average Bonchev–Trinajstić information content (AvgIpc) is 3.23. The van der Waals surface area contributed by atoms with Gasteiger partial charge in [0, 0.05) is 19.3 Å². The Morgan fingerprint density at radius 3 is 2.47 bits per heavy atom. The van der Waals surface area contributed by atoms with Crippen molar-refractivity contribution in [1.29, 1.82) is 0 Å². The molecule has 0 amide bonds. The van der Waals surface area contributed by atoms with Gasteiger partial charge in [-0.05, 0) is 49.7 Å². The van der Waals surface area contributed by atoms with E-state index in [1.165, 1.54) is 31.4 Å². The molecule has 0 N–H and O–H groups in total. The predicted octanol–water partition coefficient (Wildman–Crippen LogP) is 3.29. The fourth-order valence-corrected chi connectivity index (χ4v) is 3.09. The number of anilines is 1. The van der Waals surface area contributed by atoms with E-state index in [2.05, 4.69) is 35.2 Å². The van der Waals surface area contributed by atoms with Crippen molar-refractivity contribution < 1.29 is 4.74 Å².